The third kappa shape index (κ3) is 4.07. The first-order valence-corrected chi connectivity index (χ1v) is 9.70. The van der Waals surface area contributed by atoms with Gasteiger partial charge in [-0.05, 0) is 43.7 Å². The zero-order valence-electron chi connectivity index (χ0n) is 17.5. The van der Waals surface area contributed by atoms with Crippen molar-refractivity contribution < 1.29 is 19.0 Å². The maximum Gasteiger partial charge on any atom is 0.256 e. The minimum Gasteiger partial charge on any atom is -0.493 e. The molecule has 0 bridgehead atoms. The Balaban J connectivity index is 1.89. The first-order chi connectivity index (χ1) is 14.4. The van der Waals surface area contributed by atoms with Crippen LogP contribution in [0, 0.1) is 6.92 Å². The first-order valence-electron chi connectivity index (χ1n) is 9.32. The van der Waals surface area contributed by atoms with Crippen LogP contribution in [0.15, 0.2) is 42.5 Å². The molecule has 1 N–H and O–H groups in total. The molecule has 3 rings (SSSR count). The zero-order valence-corrected chi connectivity index (χ0v) is 18.3. The number of rotatable bonds is 7. The summed E-state index contributed by atoms with van der Waals surface area (Å²) < 4.78 is 17.7. The van der Waals surface area contributed by atoms with Gasteiger partial charge in [0.1, 0.15) is 5.15 Å². The van der Waals surface area contributed by atoms with E-state index in [-0.39, 0.29) is 17.1 Å². The summed E-state index contributed by atoms with van der Waals surface area (Å²) in [6.45, 7) is 3.62. The molecule has 0 saturated heterocycles. The van der Waals surface area contributed by atoms with Gasteiger partial charge in [0.25, 0.3) is 5.91 Å². The molecule has 0 saturated carbocycles. The average molecular weight is 430 g/mol. The first kappa shape index (κ1) is 21.5. The fourth-order valence-corrected chi connectivity index (χ4v) is 3.56. The summed E-state index contributed by atoms with van der Waals surface area (Å²) in [5, 5.41) is 7.65. The summed E-state index contributed by atoms with van der Waals surface area (Å²) in [6, 6.07) is 12.7. The van der Waals surface area contributed by atoms with Crippen LogP contribution in [0.4, 0.5) is 0 Å². The highest BCUT2D eigenvalue weighted by atomic mass is 35.5. The largest absolute Gasteiger partial charge is 0.493 e. The van der Waals surface area contributed by atoms with E-state index in [1.807, 2.05) is 37.3 Å². The van der Waals surface area contributed by atoms with Gasteiger partial charge in [0, 0.05) is 0 Å². The molecule has 0 aliphatic carbocycles. The average Bonchev–Trinajstić information content (AvgIpc) is 3.06. The minimum absolute atomic E-state index is 0.258. The Morgan fingerprint density at radius 1 is 1.07 bits per heavy atom. The number of carbonyl (C=O) groups excluding carboxylic acids is 1. The third-order valence-corrected chi connectivity index (χ3v) is 5.12. The van der Waals surface area contributed by atoms with Crippen molar-refractivity contribution >= 4 is 17.5 Å². The number of hydrogen-bond acceptors (Lipinski definition) is 5. The Morgan fingerprint density at radius 3 is 2.20 bits per heavy atom. The van der Waals surface area contributed by atoms with E-state index in [2.05, 4.69) is 10.4 Å². The van der Waals surface area contributed by atoms with Crippen LogP contribution in [-0.4, -0.2) is 37.0 Å². The number of aryl methyl sites for hydroxylation is 1. The van der Waals surface area contributed by atoms with Crippen LogP contribution in [0.1, 0.15) is 34.6 Å². The molecule has 3 aromatic rings. The van der Waals surface area contributed by atoms with E-state index in [0.717, 1.165) is 11.3 Å². The van der Waals surface area contributed by atoms with Gasteiger partial charge in [-0.15, -0.1) is 0 Å². The van der Waals surface area contributed by atoms with Crippen LogP contribution < -0.4 is 19.5 Å². The lowest BCUT2D eigenvalue weighted by molar-refractivity contribution is 0.0939. The summed E-state index contributed by atoms with van der Waals surface area (Å²) >= 11 is 6.51. The number of methoxy groups -OCH3 is 3. The lowest BCUT2D eigenvalue weighted by Gasteiger charge is -2.19. The summed E-state index contributed by atoms with van der Waals surface area (Å²) in [5.74, 6) is 1.20. The number of nitrogens with one attached hydrogen (secondary N) is 1. The molecule has 0 spiro atoms. The minimum atomic E-state index is -0.346. The molecule has 0 aliphatic heterocycles. The standard InChI is InChI=1S/C22H24ClN3O4/c1-13(15-11-17(28-3)20(30-5)18(12-15)29-4)24-22(27)19-14(2)25-26(21(19)23)16-9-7-6-8-10-16/h6-13H,1-5H3,(H,24,27). The quantitative estimate of drug-likeness (QED) is 0.604. The number of benzene rings is 2. The lowest BCUT2D eigenvalue weighted by Crippen LogP contribution is -2.27. The van der Waals surface area contributed by atoms with Crippen molar-refractivity contribution in [2.75, 3.05) is 21.3 Å². The molecule has 30 heavy (non-hydrogen) atoms. The molecule has 1 heterocycles. The molecule has 1 atom stereocenters. The van der Waals surface area contributed by atoms with Crippen molar-refractivity contribution in [1.29, 1.82) is 0 Å². The van der Waals surface area contributed by atoms with Crippen LogP contribution in [0.5, 0.6) is 17.2 Å². The predicted octanol–water partition coefficient (Wildman–Crippen LogP) is 4.35. The van der Waals surface area contributed by atoms with E-state index < -0.39 is 0 Å². The molecule has 1 aromatic heterocycles. The van der Waals surface area contributed by atoms with E-state index >= 15 is 0 Å². The van der Waals surface area contributed by atoms with Crippen LogP contribution in [0.2, 0.25) is 5.15 Å². The Bertz CT molecular complexity index is 1030. The van der Waals surface area contributed by atoms with Crippen molar-refractivity contribution in [2.24, 2.45) is 0 Å². The maximum atomic E-state index is 13.0. The molecule has 0 radical (unpaired) electrons. The Morgan fingerprint density at radius 2 is 1.67 bits per heavy atom. The molecule has 1 amide bonds. The SMILES string of the molecule is COc1cc(C(C)NC(=O)c2c(C)nn(-c3ccccc3)c2Cl)cc(OC)c1OC. The number of ether oxygens (including phenoxy) is 3. The van der Waals surface area contributed by atoms with Gasteiger partial charge in [-0.2, -0.15) is 5.10 Å². The van der Waals surface area contributed by atoms with Crippen molar-refractivity contribution in [1.82, 2.24) is 15.1 Å². The van der Waals surface area contributed by atoms with E-state index in [1.165, 1.54) is 0 Å². The van der Waals surface area contributed by atoms with Crippen molar-refractivity contribution in [3.63, 3.8) is 0 Å². The highest BCUT2D eigenvalue weighted by Crippen LogP contribution is 2.39. The maximum absolute atomic E-state index is 13.0. The van der Waals surface area contributed by atoms with Crippen molar-refractivity contribution in [3.05, 3.63) is 64.4 Å². The van der Waals surface area contributed by atoms with E-state index in [9.17, 15) is 4.79 Å². The predicted molar refractivity (Wildman–Crippen MR) is 115 cm³/mol. The zero-order chi connectivity index (χ0) is 21.8. The van der Waals surface area contributed by atoms with Gasteiger partial charge < -0.3 is 19.5 Å². The van der Waals surface area contributed by atoms with Gasteiger partial charge >= 0.3 is 0 Å². The summed E-state index contributed by atoms with van der Waals surface area (Å²) in [5.41, 5.74) is 2.45. The van der Waals surface area contributed by atoms with Gasteiger partial charge in [-0.25, -0.2) is 4.68 Å². The number of carbonyl (C=O) groups is 1. The Hall–Kier alpha value is -3.19. The second-order valence-corrected chi connectivity index (χ2v) is 7.01. The van der Waals surface area contributed by atoms with Crippen molar-refractivity contribution in [3.8, 4) is 22.9 Å². The molecular weight excluding hydrogens is 406 g/mol. The number of aromatic nitrogens is 2. The van der Waals surface area contributed by atoms with Crippen LogP contribution in [0.25, 0.3) is 5.69 Å². The number of amides is 1. The number of hydrogen-bond donors (Lipinski definition) is 1. The Labute approximate surface area is 180 Å². The van der Waals surface area contributed by atoms with Gasteiger partial charge in [-0.1, -0.05) is 29.8 Å². The molecule has 2 aromatic carbocycles. The van der Waals surface area contributed by atoms with Crippen LogP contribution in [-0.2, 0) is 0 Å². The fraction of sp³-hybridized carbons (Fsp3) is 0.273. The van der Waals surface area contributed by atoms with E-state index in [4.69, 9.17) is 25.8 Å². The van der Waals surface area contributed by atoms with Gasteiger partial charge in [0.2, 0.25) is 5.75 Å². The monoisotopic (exact) mass is 429 g/mol. The Kier molecular flexibility index (Phi) is 6.52. The summed E-state index contributed by atoms with van der Waals surface area (Å²) in [4.78, 5) is 13.0. The molecule has 1 unspecified atom stereocenters. The third-order valence-electron chi connectivity index (χ3n) is 4.77. The second-order valence-electron chi connectivity index (χ2n) is 6.65. The molecule has 8 heteroatoms. The van der Waals surface area contributed by atoms with Gasteiger partial charge in [0.05, 0.1) is 44.3 Å². The van der Waals surface area contributed by atoms with E-state index in [1.54, 1.807) is 45.1 Å². The number of para-hydroxylation sites is 1. The number of halogens is 1. The van der Waals surface area contributed by atoms with Crippen molar-refractivity contribution in [2.45, 2.75) is 19.9 Å². The lowest BCUT2D eigenvalue weighted by atomic mass is 10.1. The highest BCUT2D eigenvalue weighted by molar-refractivity contribution is 6.33. The topological polar surface area (TPSA) is 74.6 Å². The molecule has 0 fully saturated rings. The van der Waals surface area contributed by atoms with Gasteiger partial charge in [-0.3, -0.25) is 4.79 Å². The molecule has 158 valence electrons. The van der Waals surface area contributed by atoms with Crippen LogP contribution >= 0.6 is 11.6 Å². The number of nitrogens with zero attached hydrogens (tertiary/aromatic N) is 2. The smallest absolute Gasteiger partial charge is 0.256 e. The molecule has 7 nitrogen and oxygen atoms in total. The summed E-state index contributed by atoms with van der Waals surface area (Å²) in [6.07, 6.45) is 0. The second kappa shape index (κ2) is 9.09. The van der Waals surface area contributed by atoms with Gasteiger partial charge in [0.15, 0.2) is 11.5 Å². The fourth-order valence-electron chi connectivity index (χ4n) is 3.20. The van der Waals surface area contributed by atoms with Crippen LogP contribution in [0.3, 0.4) is 0 Å². The molecular formula is C22H24ClN3O4. The normalized spacial score (nSPS) is 11.7. The molecule has 0 aliphatic rings. The highest BCUT2D eigenvalue weighted by Gasteiger charge is 2.24. The summed E-state index contributed by atoms with van der Waals surface area (Å²) in [7, 11) is 4.64. The van der Waals surface area contributed by atoms with E-state index in [0.29, 0.717) is 28.5 Å².